The molecular formula is C23H34O4. The van der Waals surface area contributed by atoms with Crippen molar-refractivity contribution in [2.75, 3.05) is 6.61 Å². The number of hydrogen-bond acceptors (Lipinski definition) is 4. The number of ether oxygens (including phenoxy) is 3. The highest BCUT2D eigenvalue weighted by Crippen LogP contribution is 2.33. The Balaban J connectivity index is 1.43. The Morgan fingerprint density at radius 2 is 1.89 bits per heavy atom. The maximum absolute atomic E-state index is 11.6. The molecule has 0 bridgehead atoms. The van der Waals surface area contributed by atoms with Gasteiger partial charge in [0.05, 0.1) is 6.10 Å². The van der Waals surface area contributed by atoms with Gasteiger partial charge in [0.15, 0.2) is 6.29 Å². The number of rotatable bonds is 8. The zero-order valence-electron chi connectivity index (χ0n) is 16.6. The van der Waals surface area contributed by atoms with Crippen molar-refractivity contribution in [2.45, 2.75) is 89.6 Å². The maximum atomic E-state index is 11.6. The van der Waals surface area contributed by atoms with Gasteiger partial charge in [0.1, 0.15) is 6.10 Å². The number of hydrogen-bond donors (Lipinski definition) is 0. The number of benzene rings is 1. The molecule has 1 aliphatic carbocycles. The summed E-state index contributed by atoms with van der Waals surface area (Å²) in [6.45, 7) is 2.36. The maximum Gasteiger partial charge on any atom is 0.302 e. The van der Waals surface area contributed by atoms with Gasteiger partial charge in [-0.15, -0.1) is 0 Å². The lowest BCUT2D eigenvalue weighted by atomic mass is 9.82. The van der Waals surface area contributed by atoms with Crippen LogP contribution in [-0.4, -0.2) is 31.1 Å². The monoisotopic (exact) mass is 374 g/mol. The molecule has 0 spiro atoms. The number of carbonyl (C=O) groups is 1. The molecule has 2 atom stereocenters. The van der Waals surface area contributed by atoms with Crippen molar-refractivity contribution in [3.8, 4) is 0 Å². The van der Waals surface area contributed by atoms with Crippen LogP contribution in [0.3, 0.4) is 0 Å². The fourth-order valence-corrected chi connectivity index (χ4v) is 4.39. The van der Waals surface area contributed by atoms with Gasteiger partial charge in [-0.1, -0.05) is 30.3 Å². The molecule has 150 valence electrons. The van der Waals surface area contributed by atoms with Crippen LogP contribution in [0.5, 0.6) is 0 Å². The van der Waals surface area contributed by atoms with Gasteiger partial charge in [0, 0.05) is 13.5 Å². The van der Waals surface area contributed by atoms with Crippen molar-refractivity contribution in [3.05, 3.63) is 35.9 Å². The summed E-state index contributed by atoms with van der Waals surface area (Å²) < 4.78 is 17.6. The lowest BCUT2D eigenvalue weighted by Crippen LogP contribution is -2.34. The summed E-state index contributed by atoms with van der Waals surface area (Å²) in [5.41, 5.74) is 1.35. The highest BCUT2D eigenvalue weighted by molar-refractivity contribution is 5.66. The van der Waals surface area contributed by atoms with Gasteiger partial charge in [-0.05, 0) is 75.7 Å². The molecule has 2 unspecified atom stereocenters. The van der Waals surface area contributed by atoms with Gasteiger partial charge in [0.25, 0.3) is 0 Å². The van der Waals surface area contributed by atoms with E-state index in [1.807, 2.05) is 6.07 Å². The molecule has 4 nitrogen and oxygen atoms in total. The van der Waals surface area contributed by atoms with E-state index in [0.717, 1.165) is 64.4 Å². The zero-order valence-corrected chi connectivity index (χ0v) is 16.6. The summed E-state index contributed by atoms with van der Waals surface area (Å²) in [4.78, 5) is 11.6. The van der Waals surface area contributed by atoms with Crippen molar-refractivity contribution < 1.29 is 19.0 Å². The summed E-state index contributed by atoms with van der Waals surface area (Å²) >= 11 is 0. The minimum Gasteiger partial charge on any atom is -0.462 e. The Kier molecular flexibility index (Phi) is 8.15. The third kappa shape index (κ3) is 6.93. The number of esters is 1. The van der Waals surface area contributed by atoms with Crippen molar-refractivity contribution in [2.24, 2.45) is 5.92 Å². The van der Waals surface area contributed by atoms with Gasteiger partial charge in [-0.3, -0.25) is 4.79 Å². The molecule has 0 radical (unpaired) electrons. The molecule has 1 aliphatic heterocycles. The second kappa shape index (κ2) is 10.8. The summed E-state index contributed by atoms with van der Waals surface area (Å²) in [5, 5.41) is 0. The molecule has 1 heterocycles. The Labute approximate surface area is 163 Å². The van der Waals surface area contributed by atoms with Gasteiger partial charge in [-0.25, -0.2) is 0 Å². The topological polar surface area (TPSA) is 44.8 Å². The predicted octanol–water partition coefficient (Wildman–Crippen LogP) is 5.04. The molecular weight excluding hydrogens is 340 g/mol. The average Bonchev–Trinajstić information content (AvgIpc) is 2.69. The third-order valence-electron chi connectivity index (χ3n) is 5.84. The highest BCUT2D eigenvalue weighted by atomic mass is 16.7. The van der Waals surface area contributed by atoms with E-state index in [4.69, 9.17) is 14.2 Å². The fourth-order valence-electron chi connectivity index (χ4n) is 4.39. The molecule has 4 heteroatoms. The summed E-state index contributed by atoms with van der Waals surface area (Å²) in [5.74, 6) is 0.297. The van der Waals surface area contributed by atoms with E-state index < -0.39 is 0 Å². The van der Waals surface area contributed by atoms with Crippen LogP contribution < -0.4 is 0 Å². The first-order chi connectivity index (χ1) is 13.2. The van der Waals surface area contributed by atoms with E-state index in [-0.39, 0.29) is 18.4 Å². The second-order valence-electron chi connectivity index (χ2n) is 7.99. The van der Waals surface area contributed by atoms with Crippen LogP contribution in [0, 0.1) is 5.92 Å². The summed E-state index contributed by atoms with van der Waals surface area (Å²) in [6.07, 6.45) is 11.0. The van der Waals surface area contributed by atoms with E-state index in [2.05, 4.69) is 24.3 Å². The fraction of sp³-hybridized carbons (Fsp3) is 0.696. The molecule has 0 amide bonds. The van der Waals surface area contributed by atoms with Crippen LogP contribution >= 0.6 is 0 Å². The second-order valence-corrected chi connectivity index (χ2v) is 7.99. The van der Waals surface area contributed by atoms with E-state index in [9.17, 15) is 4.79 Å². The quantitative estimate of drug-likeness (QED) is 0.598. The molecule has 1 aromatic carbocycles. The molecule has 1 saturated heterocycles. The molecule has 0 N–H and O–H groups in total. The van der Waals surface area contributed by atoms with Gasteiger partial charge >= 0.3 is 5.97 Å². The Bertz CT molecular complexity index is 545. The Hall–Kier alpha value is -1.39. The number of aryl methyl sites for hydroxylation is 1. The third-order valence-corrected chi connectivity index (χ3v) is 5.84. The first kappa shape index (κ1) is 20.3. The van der Waals surface area contributed by atoms with Gasteiger partial charge < -0.3 is 14.2 Å². The van der Waals surface area contributed by atoms with Crippen LogP contribution in [0.1, 0.15) is 70.3 Å². The normalized spacial score (nSPS) is 27.1. The van der Waals surface area contributed by atoms with Crippen molar-refractivity contribution in [1.29, 1.82) is 0 Å². The minimum absolute atomic E-state index is 0.00422. The van der Waals surface area contributed by atoms with E-state index in [1.165, 1.54) is 18.9 Å². The zero-order chi connectivity index (χ0) is 18.9. The van der Waals surface area contributed by atoms with E-state index in [1.54, 1.807) is 0 Å². The summed E-state index contributed by atoms with van der Waals surface area (Å²) in [7, 11) is 0. The standard InChI is InChI=1S/C23H34O4/c1-18(24)26-22(11-7-10-19-8-3-2-4-9-19)20-13-15-21(16-14-20)27-23-12-5-6-17-25-23/h2-4,8-9,20-23H,5-7,10-17H2,1H3/t20-,21+,22?,23?. The smallest absolute Gasteiger partial charge is 0.302 e. The van der Waals surface area contributed by atoms with Crippen molar-refractivity contribution >= 4 is 5.97 Å². The van der Waals surface area contributed by atoms with Gasteiger partial charge in [0.2, 0.25) is 0 Å². The molecule has 1 aromatic rings. The first-order valence-electron chi connectivity index (χ1n) is 10.7. The van der Waals surface area contributed by atoms with Crippen LogP contribution in [0.4, 0.5) is 0 Å². The number of carbonyl (C=O) groups excluding carboxylic acids is 1. The average molecular weight is 375 g/mol. The van der Waals surface area contributed by atoms with E-state index >= 15 is 0 Å². The van der Waals surface area contributed by atoms with Gasteiger partial charge in [-0.2, -0.15) is 0 Å². The SMILES string of the molecule is CC(=O)OC(CCCc1ccccc1)[C@H]1CC[C@@H](OC2CCCCO2)CC1. The molecule has 27 heavy (non-hydrogen) atoms. The Morgan fingerprint density at radius 3 is 2.56 bits per heavy atom. The van der Waals surface area contributed by atoms with Crippen molar-refractivity contribution in [3.63, 3.8) is 0 Å². The molecule has 2 aliphatic rings. The lowest BCUT2D eigenvalue weighted by Gasteiger charge is -2.35. The summed E-state index contributed by atoms with van der Waals surface area (Å²) in [6, 6.07) is 10.5. The largest absolute Gasteiger partial charge is 0.462 e. The van der Waals surface area contributed by atoms with Crippen LogP contribution in [0.25, 0.3) is 0 Å². The first-order valence-corrected chi connectivity index (χ1v) is 10.7. The van der Waals surface area contributed by atoms with E-state index in [0.29, 0.717) is 12.0 Å². The molecule has 1 saturated carbocycles. The lowest BCUT2D eigenvalue weighted by molar-refractivity contribution is -0.196. The van der Waals surface area contributed by atoms with Crippen molar-refractivity contribution in [1.82, 2.24) is 0 Å². The minimum atomic E-state index is -0.159. The molecule has 3 rings (SSSR count). The molecule has 0 aromatic heterocycles. The van der Waals surface area contributed by atoms with Crippen LogP contribution in [0.2, 0.25) is 0 Å². The van der Waals surface area contributed by atoms with Crippen LogP contribution in [0.15, 0.2) is 30.3 Å². The Morgan fingerprint density at radius 1 is 1.11 bits per heavy atom. The highest BCUT2D eigenvalue weighted by Gasteiger charge is 2.31. The van der Waals surface area contributed by atoms with Crippen LogP contribution in [-0.2, 0) is 25.4 Å². The molecule has 2 fully saturated rings. The predicted molar refractivity (Wildman–Crippen MR) is 105 cm³/mol.